The first-order valence-electron chi connectivity index (χ1n) is 4.86. The van der Waals surface area contributed by atoms with Crippen LogP contribution < -0.4 is 5.32 Å². The zero-order valence-corrected chi connectivity index (χ0v) is 9.57. The van der Waals surface area contributed by atoms with Gasteiger partial charge in [-0.2, -0.15) is 0 Å². The zero-order chi connectivity index (χ0) is 11.4. The Balaban J connectivity index is 2.08. The summed E-state index contributed by atoms with van der Waals surface area (Å²) in [7, 11) is 0. The highest BCUT2D eigenvalue weighted by Gasteiger charge is 2.01. The first-order chi connectivity index (χ1) is 7.75. The molecule has 82 valence electrons. The van der Waals surface area contributed by atoms with Crippen LogP contribution in [0, 0.1) is 6.92 Å². The van der Waals surface area contributed by atoms with E-state index in [0.717, 1.165) is 16.9 Å². The van der Waals surface area contributed by atoms with E-state index in [9.17, 15) is 0 Å². The van der Waals surface area contributed by atoms with Gasteiger partial charge in [-0.05, 0) is 18.6 Å². The maximum absolute atomic E-state index is 5.95. The summed E-state index contributed by atoms with van der Waals surface area (Å²) < 4.78 is 0. The quantitative estimate of drug-likeness (QED) is 0.829. The number of pyridine rings is 1. The Hall–Kier alpha value is -1.68. The van der Waals surface area contributed by atoms with Gasteiger partial charge in [0, 0.05) is 18.6 Å². The minimum atomic E-state index is 0.467. The molecule has 0 saturated heterocycles. The standard InChI is InChI=1S/C11H11ClN4/c1-8-4-10(11(12)16-5-8)15-7-9-6-13-2-3-14-9/h2-6,15H,7H2,1H3. The molecular formula is C11H11ClN4. The number of hydrogen-bond acceptors (Lipinski definition) is 4. The Morgan fingerprint density at radius 3 is 2.88 bits per heavy atom. The number of nitrogens with zero attached hydrogens (tertiary/aromatic N) is 3. The summed E-state index contributed by atoms with van der Waals surface area (Å²) in [5, 5.41) is 3.64. The molecular weight excluding hydrogens is 224 g/mol. The molecule has 4 nitrogen and oxygen atoms in total. The Morgan fingerprint density at radius 1 is 1.25 bits per heavy atom. The van der Waals surface area contributed by atoms with Gasteiger partial charge < -0.3 is 5.32 Å². The maximum atomic E-state index is 5.95. The first kappa shape index (κ1) is 10.8. The number of nitrogens with one attached hydrogen (secondary N) is 1. The molecule has 2 heterocycles. The number of rotatable bonds is 3. The van der Waals surface area contributed by atoms with Gasteiger partial charge in [-0.25, -0.2) is 4.98 Å². The van der Waals surface area contributed by atoms with Crippen molar-refractivity contribution in [3.63, 3.8) is 0 Å². The predicted octanol–water partition coefficient (Wildman–Crippen LogP) is 2.45. The van der Waals surface area contributed by atoms with Gasteiger partial charge in [0.15, 0.2) is 5.15 Å². The smallest absolute Gasteiger partial charge is 0.152 e. The van der Waals surface area contributed by atoms with Crippen molar-refractivity contribution in [3.8, 4) is 0 Å². The van der Waals surface area contributed by atoms with E-state index in [1.165, 1.54) is 0 Å². The summed E-state index contributed by atoms with van der Waals surface area (Å²) in [6, 6.07) is 1.95. The lowest BCUT2D eigenvalue weighted by Crippen LogP contribution is -2.03. The van der Waals surface area contributed by atoms with Gasteiger partial charge in [0.05, 0.1) is 24.1 Å². The van der Waals surface area contributed by atoms with E-state index in [0.29, 0.717) is 11.7 Å². The second-order valence-corrected chi connectivity index (χ2v) is 3.76. The first-order valence-corrected chi connectivity index (χ1v) is 5.24. The van der Waals surface area contributed by atoms with Gasteiger partial charge in [0.1, 0.15) is 0 Å². The van der Waals surface area contributed by atoms with Gasteiger partial charge in [-0.1, -0.05) is 11.6 Å². The van der Waals surface area contributed by atoms with Crippen LogP contribution in [0.5, 0.6) is 0 Å². The van der Waals surface area contributed by atoms with E-state index in [2.05, 4.69) is 20.3 Å². The van der Waals surface area contributed by atoms with E-state index in [4.69, 9.17) is 11.6 Å². The van der Waals surface area contributed by atoms with Gasteiger partial charge in [-0.15, -0.1) is 0 Å². The molecule has 0 spiro atoms. The fourth-order valence-electron chi connectivity index (χ4n) is 1.28. The number of halogens is 1. The fraction of sp³-hybridized carbons (Fsp3) is 0.182. The summed E-state index contributed by atoms with van der Waals surface area (Å²) in [5.74, 6) is 0. The maximum Gasteiger partial charge on any atom is 0.152 e. The van der Waals surface area contributed by atoms with Crippen molar-refractivity contribution in [2.75, 3.05) is 5.32 Å². The third kappa shape index (κ3) is 2.67. The predicted molar refractivity (Wildman–Crippen MR) is 63.3 cm³/mol. The molecule has 0 atom stereocenters. The lowest BCUT2D eigenvalue weighted by atomic mass is 10.3. The summed E-state index contributed by atoms with van der Waals surface area (Å²) in [4.78, 5) is 12.2. The highest BCUT2D eigenvalue weighted by atomic mass is 35.5. The van der Waals surface area contributed by atoms with E-state index < -0.39 is 0 Å². The Bertz CT molecular complexity index is 473. The van der Waals surface area contributed by atoms with Crippen molar-refractivity contribution in [3.05, 3.63) is 47.3 Å². The van der Waals surface area contributed by atoms with Crippen LogP contribution in [0.15, 0.2) is 30.9 Å². The van der Waals surface area contributed by atoms with Crippen molar-refractivity contribution in [2.45, 2.75) is 13.5 Å². The Kier molecular flexibility index (Phi) is 3.31. The highest BCUT2D eigenvalue weighted by molar-refractivity contribution is 6.31. The molecule has 2 aromatic heterocycles. The minimum absolute atomic E-state index is 0.467. The van der Waals surface area contributed by atoms with Crippen LogP contribution in [0.3, 0.4) is 0 Å². The number of hydrogen-bond donors (Lipinski definition) is 1. The average molecular weight is 235 g/mol. The summed E-state index contributed by atoms with van der Waals surface area (Å²) in [6.07, 6.45) is 6.75. The van der Waals surface area contributed by atoms with Crippen LogP contribution in [0.4, 0.5) is 5.69 Å². The number of anilines is 1. The van der Waals surface area contributed by atoms with Gasteiger partial charge in [-0.3, -0.25) is 9.97 Å². The molecule has 0 unspecified atom stereocenters. The summed E-state index contributed by atoms with van der Waals surface area (Å²) in [5.41, 5.74) is 2.73. The molecule has 0 saturated carbocycles. The Labute approximate surface area is 98.7 Å². The van der Waals surface area contributed by atoms with Crippen molar-refractivity contribution >= 4 is 17.3 Å². The molecule has 5 heteroatoms. The molecule has 2 rings (SSSR count). The molecule has 0 aromatic carbocycles. The second-order valence-electron chi connectivity index (χ2n) is 3.40. The SMILES string of the molecule is Cc1cnc(Cl)c(NCc2cnccn2)c1. The molecule has 2 aromatic rings. The van der Waals surface area contributed by atoms with Crippen LogP contribution >= 0.6 is 11.6 Å². The molecule has 0 aliphatic heterocycles. The van der Waals surface area contributed by atoms with Crippen LogP contribution in [0.1, 0.15) is 11.3 Å². The average Bonchev–Trinajstić information content (AvgIpc) is 2.32. The van der Waals surface area contributed by atoms with E-state index >= 15 is 0 Å². The van der Waals surface area contributed by atoms with Crippen LogP contribution in [-0.2, 0) is 6.54 Å². The van der Waals surface area contributed by atoms with Crippen molar-refractivity contribution in [2.24, 2.45) is 0 Å². The zero-order valence-electron chi connectivity index (χ0n) is 8.81. The highest BCUT2D eigenvalue weighted by Crippen LogP contribution is 2.19. The van der Waals surface area contributed by atoms with E-state index in [1.54, 1.807) is 24.8 Å². The number of aromatic nitrogens is 3. The normalized spacial score (nSPS) is 10.1. The van der Waals surface area contributed by atoms with Gasteiger partial charge in [0.2, 0.25) is 0 Å². The van der Waals surface area contributed by atoms with Crippen LogP contribution in [0.25, 0.3) is 0 Å². The molecule has 0 bridgehead atoms. The summed E-state index contributed by atoms with van der Waals surface area (Å²) >= 11 is 5.95. The largest absolute Gasteiger partial charge is 0.377 e. The van der Waals surface area contributed by atoms with Crippen molar-refractivity contribution in [1.82, 2.24) is 15.0 Å². The van der Waals surface area contributed by atoms with Gasteiger partial charge >= 0.3 is 0 Å². The van der Waals surface area contributed by atoms with Crippen molar-refractivity contribution in [1.29, 1.82) is 0 Å². The van der Waals surface area contributed by atoms with Crippen LogP contribution in [0.2, 0.25) is 5.15 Å². The molecule has 0 aliphatic rings. The Morgan fingerprint density at radius 2 is 2.12 bits per heavy atom. The molecule has 0 fully saturated rings. The van der Waals surface area contributed by atoms with E-state index in [-0.39, 0.29) is 0 Å². The van der Waals surface area contributed by atoms with Crippen LogP contribution in [-0.4, -0.2) is 15.0 Å². The molecule has 0 aliphatic carbocycles. The molecule has 16 heavy (non-hydrogen) atoms. The molecule has 0 amide bonds. The van der Waals surface area contributed by atoms with E-state index in [1.807, 2.05) is 13.0 Å². The third-order valence-electron chi connectivity index (χ3n) is 2.05. The topological polar surface area (TPSA) is 50.7 Å². The lowest BCUT2D eigenvalue weighted by Gasteiger charge is -2.07. The summed E-state index contributed by atoms with van der Waals surface area (Å²) in [6.45, 7) is 2.55. The van der Waals surface area contributed by atoms with Crippen molar-refractivity contribution < 1.29 is 0 Å². The number of aryl methyl sites for hydroxylation is 1. The second kappa shape index (κ2) is 4.90. The lowest BCUT2D eigenvalue weighted by molar-refractivity contribution is 1.01. The third-order valence-corrected chi connectivity index (χ3v) is 2.35. The molecule has 0 radical (unpaired) electrons. The minimum Gasteiger partial charge on any atom is -0.377 e. The fourth-order valence-corrected chi connectivity index (χ4v) is 1.45. The molecule has 1 N–H and O–H groups in total. The van der Waals surface area contributed by atoms with Gasteiger partial charge in [0.25, 0.3) is 0 Å². The monoisotopic (exact) mass is 234 g/mol.